The highest BCUT2D eigenvalue weighted by Gasteiger charge is 2.30. The first-order valence-electron chi connectivity index (χ1n) is 11.0. The van der Waals surface area contributed by atoms with Crippen LogP contribution in [0.5, 0.6) is 0 Å². The largest absolute Gasteiger partial charge is 0.372 e. The molecular formula is C23H38N2OS. The summed E-state index contributed by atoms with van der Waals surface area (Å²) >= 11 is 1.90. The van der Waals surface area contributed by atoms with Crippen LogP contribution >= 0.6 is 11.8 Å². The molecule has 1 aromatic carbocycles. The number of amides is 1. The standard InChI is InChI=1S/C23H38N2OS/c1-4-7-8-9-10-11-12-13-22(26)25-18-19-27-23(25)20-14-16-21(17-15-20)24(5-2)6-3/h14-17,23H,4-13,18-19H2,1-3H3. The average Bonchev–Trinajstić information content (AvgIpc) is 3.18. The molecule has 1 aromatic rings. The molecule has 2 rings (SSSR count). The molecule has 0 spiro atoms. The monoisotopic (exact) mass is 390 g/mol. The summed E-state index contributed by atoms with van der Waals surface area (Å²) in [5.74, 6) is 1.39. The Bertz CT molecular complexity index is 542. The normalized spacial score (nSPS) is 16.7. The van der Waals surface area contributed by atoms with Gasteiger partial charge in [0.15, 0.2) is 0 Å². The second-order valence-corrected chi connectivity index (χ2v) is 8.63. The number of anilines is 1. The van der Waals surface area contributed by atoms with Gasteiger partial charge >= 0.3 is 0 Å². The molecular weight excluding hydrogens is 352 g/mol. The molecule has 0 bridgehead atoms. The Morgan fingerprint density at radius 3 is 2.26 bits per heavy atom. The van der Waals surface area contributed by atoms with Crippen LogP contribution in [0.4, 0.5) is 5.69 Å². The minimum Gasteiger partial charge on any atom is -0.372 e. The van der Waals surface area contributed by atoms with Gasteiger partial charge < -0.3 is 9.80 Å². The van der Waals surface area contributed by atoms with Gasteiger partial charge in [-0.3, -0.25) is 4.79 Å². The van der Waals surface area contributed by atoms with Gasteiger partial charge in [-0.2, -0.15) is 0 Å². The van der Waals surface area contributed by atoms with Crippen molar-refractivity contribution in [1.82, 2.24) is 4.90 Å². The first-order valence-corrected chi connectivity index (χ1v) is 12.0. The molecule has 1 heterocycles. The SMILES string of the molecule is CCCCCCCCCC(=O)N1CCSC1c1ccc(N(CC)CC)cc1. The molecule has 1 aliphatic heterocycles. The maximum atomic E-state index is 12.7. The molecule has 27 heavy (non-hydrogen) atoms. The first kappa shape index (κ1) is 22.1. The molecule has 4 heteroatoms. The van der Waals surface area contributed by atoms with Crippen LogP contribution in [0.2, 0.25) is 0 Å². The number of hydrogen-bond acceptors (Lipinski definition) is 3. The lowest BCUT2D eigenvalue weighted by Crippen LogP contribution is -2.30. The molecule has 0 N–H and O–H groups in total. The van der Waals surface area contributed by atoms with E-state index in [-0.39, 0.29) is 5.37 Å². The zero-order chi connectivity index (χ0) is 19.5. The molecule has 1 atom stereocenters. The molecule has 1 fully saturated rings. The number of carbonyl (C=O) groups is 1. The molecule has 3 nitrogen and oxygen atoms in total. The average molecular weight is 391 g/mol. The Hall–Kier alpha value is -1.16. The highest BCUT2D eigenvalue weighted by atomic mass is 32.2. The third-order valence-electron chi connectivity index (χ3n) is 5.51. The van der Waals surface area contributed by atoms with Gasteiger partial charge in [0.25, 0.3) is 0 Å². The van der Waals surface area contributed by atoms with E-state index in [0.717, 1.165) is 31.8 Å². The maximum absolute atomic E-state index is 12.7. The van der Waals surface area contributed by atoms with Gasteiger partial charge in [-0.05, 0) is 38.0 Å². The quantitative estimate of drug-likeness (QED) is 0.394. The summed E-state index contributed by atoms with van der Waals surface area (Å²) < 4.78 is 0. The third kappa shape index (κ3) is 6.74. The van der Waals surface area contributed by atoms with Crippen LogP contribution in [-0.4, -0.2) is 36.2 Å². The minimum absolute atomic E-state index is 0.202. The van der Waals surface area contributed by atoms with E-state index in [1.807, 2.05) is 11.8 Å². The zero-order valence-electron chi connectivity index (χ0n) is 17.6. The Labute approximate surface area is 170 Å². The minimum atomic E-state index is 0.202. The van der Waals surface area contributed by atoms with E-state index in [2.05, 4.69) is 54.8 Å². The zero-order valence-corrected chi connectivity index (χ0v) is 18.4. The number of thioether (sulfide) groups is 1. The van der Waals surface area contributed by atoms with E-state index >= 15 is 0 Å². The van der Waals surface area contributed by atoms with E-state index in [0.29, 0.717) is 12.3 Å². The topological polar surface area (TPSA) is 23.6 Å². The molecule has 0 aromatic heterocycles. The summed E-state index contributed by atoms with van der Waals surface area (Å²) in [6.07, 6.45) is 9.53. The molecule has 0 aliphatic carbocycles. The van der Waals surface area contributed by atoms with Crippen LogP contribution in [0.25, 0.3) is 0 Å². The Morgan fingerprint density at radius 1 is 1.00 bits per heavy atom. The molecule has 1 aliphatic rings. The predicted molar refractivity (Wildman–Crippen MR) is 120 cm³/mol. The Kier molecular flexibility index (Phi) is 10.1. The van der Waals surface area contributed by atoms with Crippen LogP contribution in [0.3, 0.4) is 0 Å². The van der Waals surface area contributed by atoms with Crippen molar-refractivity contribution < 1.29 is 4.79 Å². The molecule has 0 radical (unpaired) electrons. The number of hydrogen-bond donors (Lipinski definition) is 0. The lowest BCUT2D eigenvalue weighted by Gasteiger charge is -2.26. The van der Waals surface area contributed by atoms with Crippen molar-refractivity contribution in [1.29, 1.82) is 0 Å². The van der Waals surface area contributed by atoms with Gasteiger partial charge in [-0.15, -0.1) is 11.8 Å². The molecule has 0 saturated carbocycles. The predicted octanol–water partition coefficient (Wildman–Crippen LogP) is 6.25. The lowest BCUT2D eigenvalue weighted by atomic mass is 10.1. The Morgan fingerprint density at radius 2 is 1.63 bits per heavy atom. The summed E-state index contributed by atoms with van der Waals surface area (Å²) in [7, 11) is 0. The van der Waals surface area contributed by atoms with E-state index < -0.39 is 0 Å². The van der Waals surface area contributed by atoms with Crippen molar-refractivity contribution in [3.63, 3.8) is 0 Å². The van der Waals surface area contributed by atoms with E-state index in [9.17, 15) is 4.79 Å². The van der Waals surface area contributed by atoms with Crippen molar-refractivity contribution in [2.45, 2.75) is 77.5 Å². The second-order valence-electron chi connectivity index (χ2n) is 7.45. The van der Waals surface area contributed by atoms with Crippen molar-refractivity contribution in [3.05, 3.63) is 29.8 Å². The van der Waals surface area contributed by atoms with Crippen LogP contribution in [0.15, 0.2) is 24.3 Å². The van der Waals surface area contributed by atoms with Gasteiger partial charge in [0.05, 0.1) is 0 Å². The van der Waals surface area contributed by atoms with E-state index in [1.54, 1.807) is 0 Å². The highest BCUT2D eigenvalue weighted by Crippen LogP contribution is 2.39. The number of carbonyl (C=O) groups excluding carboxylic acids is 1. The summed E-state index contributed by atoms with van der Waals surface area (Å²) in [6.45, 7) is 9.57. The molecule has 1 saturated heterocycles. The summed E-state index contributed by atoms with van der Waals surface area (Å²) in [5.41, 5.74) is 2.54. The van der Waals surface area contributed by atoms with Gasteiger partial charge in [-0.25, -0.2) is 0 Å². The molecule has 1 unspecified atom stereocenters. The summed E-state index contributed by atoms with van der Waals surface area (Å²) in [5, 5.41) is 0.202. The fourth-order valence-corrected chi connectivity index (χ4v) is 5.09. The van der Waals surface area contributed by atoms with Crippen molar-refractivity contribution in [3.8, 4) is 0 Å². The number of rotatable bonds is 12. The van der Waals surface area contributed by atoms with Crippen LogP contribution in [0.1, 0.15) is 83.1 Å². The van der Waals surface area contributed by atoms with Gasteiger partial charge in [0.1, 0.15) is 5.37 Å². The van der Waals surface area contributed by atoms with E-state index in [1.165, 1.54) is 49.8 Å². The maximum Gasteiger partial charge on any atom is 0.223 e. The van der Waals surface area contributed by atoms with Gasteiger partial charge in [-0.1, -0.05) is 57.6 Å². The van der Waals surface area contributed by atoms with E-state index in [4.69, 9.17) is 0 Å². The van der Waals surface area contributed by atoms with Crippen LogP contribution < -0.4 is 4.90 Å². The number of unbranched alkanes of at least 4 members (excludes halogenated alkanes) is 6. The second kappa shape index (κ2) is 12.3. The summed E-state index contributed by atoms with van der Waals surface area (Å²) in [4.78, 5) is 17.2. The fraction of sp³-hybridized carbons (Fsp3) is 0.696. The lowest BCUT2D eigenvalue weighted by molar-refractivity contribution is -0.131. The van der Waals surface area contributed by atoms with Gasteiger partial charge in [0, 0.05) is 37.5 Å². The van der Waals surface area contributed by atoms with Crippen LogP contribution in [0, 0.1) is 0 Å². The summed E-state index contributed by atoms with van der Waals surface area (Å²) in [6, 6.07) is 8.84. The number of nitrogens with zero attached hydrogens (tertiary/aromatic N) is 2. The van der Waals surface area contributed by atoms with Gasteiger partial charge in [0.2, 0.25) is 5.91 Å². The molecule has 152 valence electrons. The Balaban J connectivity index is 1.82. The molecule has 1 amide bonds. The number of benzene rings is 1. The van der Waals surface area contributed by atoms with Crippen molar-refractivity contribution >= 4 is 23.4 Å². The van der Waals surface area contributed by atoms with Crippen molar-refractivity contribution in [2.24, 2.45) is 0 Å². The third-order valence-corrected chi connectivity index (χ3v) is 6.77. The highest BCUT2D eigenvalue weighted by molar-refractivity contribution is 7.99. The first-order chi connectivity index (χ1) is 13.2. The fourth-order valence-electron chi connectivity index (χ4n) is 3.82. The van der Waals surface area contributed by atoms with Crippen LogP contribution in [-0.2, 0) is 4.79 Å². The van der Waals surface area contributed by atoms with Crippen molar-refractivity contribution in [2.75, 3.05) is 30.3 Å². The smallest absolute Gasteiger partial charge is 0.223 e.